The first kappa shape index (κ1) is 16.2. The highest BCUT2D eigenvalue weighted by Crippen LogP contribution is 2.15. The highest BCUT2D eigenvalue weighted by Gasteiger charge is 2.16. The van der Waals surface area contributed by atoms with Crippen LogP contribution in [-0.4, -0.2) is 75.2 Å². The molecule has 2 rings (SSSR count). The Bertz CT molecular complexity index is 217. The van der Waals surface area contributed by atoms with Gasteiger partial charge in [-0.2, -0.15) is 0 Å². The minimum atomic E-state index is 0.747. The molecule has 0 aromatic rings. The highest BCUT2D eigenvalue weighted by molar-refractivity contribution is 4.75. The van der Waals surface area contributed by atoms with E-state index in [0.717, 1.165) is 31.6 Å². The summed E-state index contributed by atoms with van der Waals surface area (Å²) < 4.78 is 0. The third-order valence-electron chi connectivity index (χ3n) is 4.93. The third-order valence-corrected chi connectivity index (χ3v) is 4.93. The van der Waals surface area contributed by atoms with Crippen LogP contribution in [0.25, 0.3) is 0 Å². The van der Waals surface area contributed by atoms with Gasteiger partial charge >= 0.3 is 0 Å². The van der Waals surface area contributed by atoms with Crippen molar-refractivity contribution in [2.24, 2.45) is 5.92 Å². The number of piperidine rings is 2. The van der Waals surface area contributed by atoms with Gasteiger partial charge < -0.3 is 20.4 Å². The second kappa shape index (κ2) is 8.98. The van der Waals surface area contributed by atoms with E-state index in [1.54, 1.807) is 0 Å². The van der Waals surface area contributed by atoms with Gasteiger partial charge in [0.05, 0.1) is 0 Å². The fourth-order valence-electron chi connectivity index (χ4n) is 3.23. The fourth-order valence-corrected chi connectivity index (χ4v) is 3.23. The number of hydrogen-bond donors (Lipinski definition) is 2. The Balaban J connectivity index is 1.40. The molecule has 0 radical (unpaired) electrons. The van der Waals surface area contributed by atoms with E-state index in [4.69, 9.17) is 0 Å². The van der Waals surface area contributed by atoms with Crippen LogP contribution in [0.4, 0.5) is 0 Å². The lowest BCUT2D eigenvalue weighted by Gasteiger charge is -2.30. The molecule has 0 saturated carbocycles. The second-order valence-electron chi connectivity index (χ2n) is 6.81. The van der Waals surface area contributed by atoms with Gasteiger partial charge in [-0.3, -0.25) is 0 Å². The molecule has 4 heteroatoms. The first-order chi connectivity index (χ1) is 9.74. The lowest BCUT2D eigenvalue weighted by Crippen LogP contribution is -2.43. The average molecular weight is 282 g/mol. The summed E-state index contributed by atoms with van der Waals surface area (Å²) in [5, 5.41) is 7.26. The lowest BCUT2D eigenvalue weighted by atomic mass is 9.99. The molecule has 20 heavy (non-hydrogen) atoms. The first-order valence-electron chi connectivity index (χ1n) is 8.59. The summed E-state index contributed by atoms with van der Waals surface area (Å²) in [4.78, 5) is 5.04. The van der Waals surface area contributed by atoms with Crippen LogP contribution < -0.4 is 10.6 Å². The Kier molecular flexibility index (Phi) is 7.28. The number of nitrogens with zero attached hydrogens (tertiary/aromatic N) is 2. The molecule has 2 aliphatic rings. The molecule has 2 heterocycles. The van der Waals surface area contributed by atoms with Crippen LogP contribution in [0.5, 0.6) is 0 Å². The van der Waals surface area contributed by atoms with Crippen molar-refractivity contribution >= 4 is 0 Å². The van der Waals surface area contributed by atoms with Crippen molar-refractivity contribution in [1.82, 2.24) is 20.4 Å². The second-order valence-corrected chi connectivity index (χ2v) is 6.81. The standard InChI is InChI=1S/C16H34N4/c1-15-3-12-20(13-4-15)14-9-17-7-8-18-16-5-10-19(2)11-6-16/h15-18H,3-14H2,1-2H3. The van der Waals surface area contributed by atoms with Crippen LogP contribution in [0.3, 0.4) is 0 Å². The normalized spacial score (nSPS) is 24.3. The summed E-state index contributed by atoms with van der Waals surface area (Å²) >= 11 is 0. The van der Waals surface area contributed by atoms with Crippen molar-refractivity contribution in [3.05, 3.63) is 0 Å². The van der Waals surface area contributed by atoms with E-state index in [1.165, 1.54) is 58.4 Å². The maximum atomic E-state index is 3.68. The molecule has 2 N–H and O–H groups in total. The molecule has 0 bridgehead atoms. The molecule has 0 aromatic heterocycles. The van der Waals surface area contributed by atoms with E-state index >= 15 is 0 Å². The van der Waals surface area contributed by atoms with E-state index in [2.05, 4.69) is 34.4 Å². The lowest BCUT2D eigenvalue weighted by molar-refractivity contribution is 0.193. The van der Waals surface area contributed by atoms with Gasteiger partial charge in [0.25, 0.3) is 0 Å². The zero-order chi connectivity index (χ0) is 14.2. The number of hydrogen-bond acceptors (Lipinski definition) is 4. The summed E-state index contributed by atoms with van der Waals surface area (Å²) in [7, 11) is 2.22. The zero-order valence-electron chi connectivity index (χ0n) is 13.5. The number of likely N-dealkylation sites (tertiary alicyclic amines) is 2. The fraction of sp³-hybridized carbons (Fsp3) is 1.00. The van der Waals surface area contributed by atoms with Crippen molar-refractivity contribution in [2.45, 2.75) is 38.6 Å². The van der Waals surface area contributed by atoms with Gasteiger partial charge in [-0.25, -0.2) is 0 Å². The molecule has 2 saturated heterocycles. The maximum Gasteiger partial charge on any atom is 0.0107 e. The van der Waals surface area contributed by atoms with E-state index in [-0.39, 0.29) is 0 Å². The molecular formula is C16H34N4. The van der Waals surface area contributed by atoms with Crippen LogP contribution in [0, 0.1) is 5.92 Å². The van der Waals surface area contributed by atoms with Crippen molar-refractivity contribution in [3.63, 3.8) is 0 Å². The average Bonchev–Trinajstić information content (AvgIpc) is 2.46. The minimum absolute atomic E-state index is 0.747. The Hall–Kier alpha value is -0.160. The summed E-state index contributed by atoms with van der Waals surface area (Å²) in [6.07, 6.45) is 5.39. The van der Waals surface area contributed by atoms with E-state index in [0.29, 0.717) is 0 Å². The Labute approximate surface area is 125 Å². The van der Waals surface area contributed by atoms with E-state index in [1.807, 2.05) is 0 Å². The van der Waals surface area contributed by atoms with Crippen molar-refractivity contribution in [3.8, 4) is 0 Å². The minimum Gasteiger partial charge on any atom is -0.314 e. The largest absolute Gasteiger partial charge is 0.314 e. The summed E-state index contributed by atoms with van der Waals surface area (Å²) in [6, 6.07) is 0.747. The van der Waals surface area contributed by atoms with E-state index < -0.39 is 0 Å². The van der Waals surface area contributed by atoms with E-state index in [9.17, 15) is 0 Å². The van der Waals surface area contributed by atoms with Crippen molar-refractivity contribution < 1.29 is 0 Å². The molecule has 2 aliphatic heterocycles. The van der Waals surface area contributed by atoms with Gasteiger partial charge in [-0.05, 0) is 64.8 Å². The summed E-state index contributed by atoms with van der Waals surface area (Å²) in [5.74, 6) is 0.943. The molecule has 0 atom stereocenters. The van der Waals surface area contributed by atoms with Gasteiger partial charge in [0.2, 0.25) is 0 Å². The molecule has 0 spiro atoms. The highest BCUT2D eigenvalue weighted by atomic mass is 15.1. The van der Waals surface area contributed by atoms with Crippen LogP contribution in [0.15, 0.2) is 0 Å². The molecule has 0 aliphatic carbocycles. The quantitative estimate of drug-likeness (QED) is 0.682. The summed E-state index contributed by atoms with van der Waals surface area (Å²) in [5.41, 5.74) is 0. The molecular weight excluding hydrogens is 248 g/mol. The van der Waals surface area contributed by atoms with Crippen LogP contribution in [0.1, 0.15) is 32.6 Å². The SMILES string of the molecule is CC1CCN(CCNCCNC2CCN(C)CC2)CC1. The van der Waals surface area contributed by atoms with Crippen molar-refractivity contribution in [1.29, 1.82) is 0 Å². The van der Waals surface area contributed by atoms with Crippen LogP contribution in [-0.2, 0) is 0 Å². The van der Waals surface area contributed by atoms with Crippen LogP contribution >= 0.6 is 0 Å². The predicted molar refractivity (Wildman–Crippen MR) is 86.2 cm³/mol. The molecule has 0 aromatic carbocycles. The Morgan fingerprint density at radius 1 is 0.900 bits per heavy atom. The van der Waals surface area contributed by atoms with Gasteiger partial charge in [0, 0.05) is 32.2 Å². The molecule has 118 valence electrons. The number of rotatable bonds is 7. The number of nitrogens with one attached hydrogen (secondary N) is 2. The van der Waals surface area contributed by atoms with Gasteiger partial charge in [-0.15, -0.1) is 0 Å². The Morgan fingerprint density at radius 3 is 2.30 bits per heavy atom. The topological polar surface area (TPSA) is 30.5 Å². The molecule has 4 nitrogen and oxygen atoms in total. The summed E-state index contributed by atoms with van der Waals surface area (Å²) in [6.45, 7) is 12.1. The maximum absolute atomic E-state index is 3.68. The molecule has 0 unspecified atom stereocenters. The third kappa shape index (κ3) is 6.08. The molecule has 0 amide bonds. The smallest absolute Gasteiger partial charge is 0.0107 e. The first-order valence-corrected chi connectivity index (χ1v) is 8.59. The van der Waals surface area contributed by atoms with Crippen LogP contribution in [0.2, 0.25) is 0 Å². The Morgan fingerprint density at radius 2 is 1.60 bits per heavy atom. The van der Waals surface area contributed by atoms with Crippen molar-refractivity contribution in [2.75, 3.05) is 59.4 Å². The molecule has 2 fully saturated rings. The monoisotopic (exact) mass is 282 g/mol. The van der Waals surface area contributed by atoms with Gasteiger partial charge in [0.15, 0.2) is 0 Å². The zero-order valence-corrected chi connectivity index (χ0v) is 13.5. The van der Waals surface area contributed by atoms with Gasteiger partial charge in [0.1, 0.15) is 0 Å². The predicted octanol–water partition coefficient (Wildman–Crippen LogP) is 0.992. The van der Waals surface area contributed by atoms with Gasteiger partial charge in [-0.1, -0.05) is 6.92 Å².